The Balaban J connectivity index is 1.56. The SMILES string of the molecule is CNC(=O)[C@]12CC1[C@@H](n1cnc3c(NC)nc(C#Cc4cccc(C(=O)O)c4)nc31)C(O)[C@@H]2O. The molecule has 2 heterocycles. The number of anilines is 1. The van der Waals surface area contributed by atoms with Crippen LogP contribution in [0.25, 0.3) is 11.2 Å². The fraction of sp³-hybridized carbons (Fsp3) is 0.348. The topological polar surface area (TPSA) is 162 Å². The van der Waals surface area contributed by atoms with Crippen LogP contribution in [0.4, 0.5) is 5.82 Å². The van der Waals surface area contributed by atoms with Crippen molar-refractivity contribution in [3.63, 3.8) is 0 Å². The molecular formula is C23H22N6O5. The first-order valence-electron chi connectivity index (χ1n) is 10.7. The molecule has 2 aliphatic rings. The molecule has 2 aromatic heterocycles. The summed E-state index contributed by atoms with van der Waals surface area (Å²) in [6, 6.07) is 5.63. The minimum absolute atomic E-state index is 0.120. The standard InChI is InChI=1S/C23H22N6O5/c1-24-19-15-20(28-14(27-19)7-6-11-4-3-5-12(8-11)21(32)33)29(10-26-15)16-13-9-23(13,22(34)25-2)18(31)17(16)30/h3-5,8,10,13,16-18,30-31H,9H2,1-2H3,(H,25,34)(H,32,33)(H,24,27,28)/t13?,16-,17?,18+,23-/m1/s1. The minimum atomic E-state index is -1.20. The average Bonchev–Trinajstić information content (AvgIpc) is 3.38. The molecule has 0 bridgehead atoms. The molecule has 11 nitrogen and oxygen atoms in total. The number of rotatable bonds is 4. The van der Waals surface area contributed by atoms with E-state index in [-0.39, 0.29) is 23.2 Å². The largest absolute Gasteiger partial charge is 0.478 e. The fourth-order valence-corrected chi connectivity index (χ4v) is 5.01. The summed E-state index contributed by atoms with van der Waals surface area (Å²) < 4.78 is 1.67. The van der Waals surface area contributed by atoms with Gasteiger partial charge in [0.15, 0.2) is 17.0 Å². The summed E-state index contributed by atoms with van der Waals surface area (Å²) in [5.41, 5.74) is 0.451. The number of aromatic carboxylic acids is 1. The minimum Gasteiger partial charge on any atom is -0.478 e. The maximum absolute atomic E-state index is 12.5. The first-order chi connectivity index (χ1) is 16.3. The van der Waals surface area contributed by atoms with Gasteiger partial charge in [0, 0.05) is 25.6 Å². The highest BCUT2D eigenvalue weighted by Crippen LogP contribution is 2.67. The maximum atomic E-state index is 12.5. The number of benzene rings is 1. The van der Waals surface area contributed by atoms with Crippen LogP contribution in [-0.2, 0) is 4.79 Å². The summed E-state index contributed by atoms with van der Waals surface area (Å²) in [5.74, 6) is 4.71. The van der Waals surface area contributed by atoms with Crippen molar-refractivity contribution < 1.29 is 24.9 Å². The van der Waals surface area contributed by atoms with Crippen LogP contribution in [-0.4, -0.2) is 73.0 Å². The third-order valence-corrected chi connectivity index (χ3v) is 6.73. The lowest BCUT2D eigenvalue weighted by atomic mass is 9.98. The number of amides is 1. The number of carbonyl (C=O) groups is 2. The molecule has 2 aliphatic carbocycles. The van der Waals surface area contributed by atoms with E-state index in [0.29, 0.717) is 29.0 Å². The Morgan fingerprint density at radius 1 is 1.21 bits per heavy atom. The van der Waals surface area contributed by atoms with Gasteiger partial charge in [0.05, 0.1) is 29.5 Å². The monoisotopic (exact) mass is 462 g/mol. The Hall–Kier alpha value is -4.01. The molecule has 2 unspecified atom stereocenters. The lowest BCUT2D eigenvalue weighted by Gasteiger charge is -2.23. The first-order valence-corrected chi connectivity index (χ1v) is 10.7. The third-order valence-electron chi connectivity index (χ3n) is 6.73. The molecule has 1 aromatic carbocycles. The summed E-state index contributed by atoms with van der Waals surface area (Å²) >= 11 is 0. The van der Waals surface area contributed by atoms with Crippen LogP contribution >= 0.6 is 0 Å². The van der Waals surface area contributed by atoms with E-state index in [1.165, 1.54) is 25.5 Å². The van der Waals surface area contributed by atoms with E-state index in [2.05, 4.69) is 37.4 Å². The average molecular weight is 462 g/mol. The molecule has 0 radical (unpaired) electrons. The molecule has 5 N–H and O–H groups in total. The smallest absolute Gasteiger partial charge is 0.335 e. The van der Waals surface area contributed by atoms with Gasteiger partial charge in [-0.15, -0.1) is 0 Å². The molecule has 34 heavy (non-hydrogen) atoms. The van der Waals surface area contributed by atoms with Crippen molar-refractivity contribution in [1.29, 1.82) is 0 Å². The highest BCUT2D eigenvalue weighted by molar-refractivity contribution is 5.89. The molecule has 0 saturated heterocycles. The number of nitrogens with one attached hydrogen (secondary N) is 2. The van der Waals surface area contributed by atoms with Crippen LogP contribution in [0.3, 0.4) is 0 Å². The summed E-state index contributed by atoms with van der Waals surface area (Å²) in [6.07, 6.45) is -0.403. The van der Waals surface area contributed by atoms with Crippen LogP contribution < -0.4 is 10.6 Å². The summed E-state index contributed by atoms with van der Waals surface area (Å²) in [7, 11) is 3.19. The van der Waals surface area contributed by atoms with Crippen molar-refractivity contribution in [3.05, 3.63) is 47.5 Å². The van der Waals surface area contributed by atoms with Crippen molar-refractivity contribution in [2.24, 2.45) is 11.3 Å². The zero-order valence-corrected chi connectivity index (χ0v) is 18.4. The Labute approximate surface area is 193 Å². The normalized spacial score (nSPS) is 26.9. The second-order valence-electron chi connectivity index (χ2n) is 8.46. The first kappa shape index (κ1) is 21.8. The number of aliphatic hydroxyl groups excluding tert-OH is 2. The van der Waals surface area contributed by atoms with Gasteiger partial charge < -0.3 is 30.5 Å². The number of carbonyl (C=O) groups excluding carboxylic acids is 1. The van der Waals surface area contributed by atoms with Gasteiger partial charge in [-0.3, -0.25) is 4.79 Å². The van der Waals surface area contributed by atoms with Crippen LogP contribution in [0.1, 0.15) is 34.2 Å². The Kier molecular flexibility index (Phi) is 5.00. The van der Waals surface area contributed by atoms with Gasteiger partial charge >= 0.3 is 5.97 Å². The second kappa shape index (κ2) is 7.79. The highest BCUT2D eigenvalue weighted by atomic mass is 16.4. The number of carboxylic acid groups (broad SMARTS) is 1. The molecule has 174 valence electrons. The number of imidazole rings is 1. The van der Waals surface area contributed by atoms with Gasteiger partial charge in [0.1, 0.15) is 6.10 Å². The second-order valence-corrected chi connectivity index (χ2v) is 8.46. The van der Waals surface area contributed by atoms with E-state index in [0.717, 1.165) is 0 Å². The number of nitrogens with zero attached hydrogens (tertiary/aromatic N) is 4. The molecule has 1 amide bonds. The molecule has 5 rings (SSSR count). The quantitative estimate of drug-likeness (QED) is 0.336. The van der Waals surface area contributed by atoms with Gasteiger partial charge in [-0.1, -0.05) is 12.0 Å². The lowest BCUT2D eigenvalue weighted by molar-refractivity contribution is -0.132. The van der Waals surface area contributed by atoms with Crippen molar-refractivity contribution in [3.8, 4) is 11.8 Å². The number of carboxylic acids is 1. The summed E-state index contributed by atoms with van der Waals surface area (Å²) in [4.78, 5) is 37.0. The van der Waals surface area contributed by atoms with E-state index >= 15 is 0 Å². The van der Waals surface area contributed by atoms with Gasteiger partial charge in [0.25, 0.3) is 0 Å². The van der Waals surface area contributed by atoms with Gasteiger partial charge in [-0.25, -0.2) is 19.7 Å². The van der Waals surface area contributed by atoms with Gasteiger partial charge in [-0.2, -0.15) is 0 Å². The molecule has 11 heteroatoms. The zero-order chi connectivity index (χ0) is 24.2. The molecule has 0 spiro atoms. The zero-order valence-electron chi connectivity index (χ0n) is 18.4. The summed E-state index contributed by atoms with van der Waals surface area (Å²) in [5, 5.41) is 36.2. The van der Waals surface area contributed by atoms with E-state index in [1.807, 2.05) is 0 Å². The van der Waals surface area contributed by atoms with Crippen LogP contribution in [0.5, 0.6) is 0 Å². The number of hydrogen-bond donors (Lipinski definition) is 5. The number of hydrogen-bond acceptors (Lipinski definition) is 8. The maximum Gasteiger partial charge on any atom is 0.335 e. The van der Waals surface area contributed by atoms with Crippen LogP contribution in [0.15, 0.2) is 30.6 Å². The summed E-state index contributed by atoms with van der Waals surface area (Å²) in [6.45, 7) is 0. The number of fused-ring (bicyclic) bond motifs is 2. The molecular weight excluding hydrogens is 440 g/mol. The lowest BCUT2D eigenvalue weighted by Crippen LogP contribution is -2.41. The Morgan fingerprint density at radius 2 is 2.00 bits per heavy atom. The molecule has 3 aromatic rings. The van der Waals surface area contributed by atoms with E-state index in [4.69, 9.17) is 0 Å². The van der Waals surface area contributed by atoms with Gasteiger partial charge in [-0.05, 0) is 30.5 Å². The number of aromatic nitrogens is 4. The van der Waals surface area contributed by atoms with E-state index < -0.39 is 29.6 Å². The Bertz CT molecular complexity index is 1390. The highest BCUT2D eigenvalue weighted by Gasteiger charge is 2.75. The van der Waals surface area contributed by atoms with Crippen molar-refractivity contribution in [2.75, 3.05) is 19.4 Å². The van der Waals surface area contributed by atoms with Crippen molar-refractivity contribution in [1.82, 2.24) is 24.8 Å². The predicted octanol–water partition coefficient (Wildman–Crippen LogP) is -0.00520. The predicted molar refractivity (Wildman–Crippen MR) is 120 cm³/mol. The third kappa shape index (κ3) is 3.11. The molecule has 0 aliphatic heterocycles. The fourth-order valence-electron chi connectivity index (χ4n) is 5.01. The van der Waals surface area contributed by atoms with Crippen LogP contribution in [0, 0.1) is 23.2 Å². The van der Waals surface area contributed by atoms with Crippen molar-refractivity contribution >= 4 is 28.9 Å². The van der Waals surface area contributed by atoms with E-state index in [1.54, 1.807) is 23.7 Å². The van der Waals surface area contributed by atoms with Crippen molar-refractivity contribution in [2.45, 2.75) is 24.7 Å². The Morgan fingerprint density at radius 3 is 2.71 bits per heavy atom. The number of aliphatic hydroxyl groups is 2. The van der Waals surface area contributed by atoms with Gasteiger partial charge in [0.2, 0.25) is 11.7 Å². The molecule has 5 atom stereocenters. The van der Waals surface area contributed by atoms with E-state index in [9.17, 15) is 24.9 Å². The van der Waals surface area contributed by atoms with Crippen LogP contribution in [0.2, 0.25) is 0 Å². The molecule has 2 fully saturated rings. The molecule has 2 saturated carbocycles.